The lowest BCUT2D eigenvalue weighted by Crippen LogP contribution is -2.14. The quantitative estimate of drug-likeness (QED) is 0.239. The number of Topliss-reactive ketones (excluding diaryl/α,β-unsaturated/α-hetero) is 1. The van der Waals surface area contributed by atoms with Crippen LogP contribution in [0.2, 0.25) is 0 Å². The first-order chi connectivity index (χ1) is 21.6. The number of methoxy groups -OCH3 is 4. The number of ether oxygens (including phenoxy) is 4. The molecule has 0 unspecified atom stereocenters. The van der Waals surface area contributed by atoms with Crippen LogP contribution in [0.5, 0.6) is 23.0 Å². The molecule has 0 aliphatic rings. The molecule has 0 amide bonds. The van der Waals surface area contributed by atoms with E-state index >= 15 is 0 Å². The fourth-order valence-electron chi connectivity index (χ4n) is 4.53. The second-order valence-corrected chi connectivity index (χ2v) is 9.55. The summed E-state index contributed by atoms with van der Waals surface area (Å²) in [4.78, 5) is 43.6. The van der Waals surface area contributed by atoms with Crippen LogP contribution in [0.15, 0.2) is 59.5 Å². The maximum atomic E-state index is 12.4. The van der Waals surface area contributed by atoms with Crippen molar-refractivity contribution in [1.29, 1.82) is 0 Å². The van der Waals surface area contributed by atoms with Gasteiger partial charge in [0.1, 0.15) is 12.1 Å². The maximum Gasteiger partial charge on any atom is 0.373 e. The highest BCUT2D eigenvalue weighted by Crippen LogP contribution is 2.31. The minimum atomic E-state index is -0.178. The standard InChI is InChI=1S/C16H20N2O3.C15H15N3O3.CO2/c1-5-13-8-11(2)17-18(13)10-14(19)12-6-7-15(20-3)16(9-12)21-4;1-9-6-12-15(19)16-11(8-18(12)17-9)10-4-5-13(20-2)14(7-10)21-3;2-1-3/h6-9H,5,10H2,1-4H3;4-8H,1-3H3,(H,16,19);. The molecule has 2 aromatic carbocycles. The van der Waals surface area contributed by atoms with E-state index in [-0.39, 0.29) is 24.0 Å². The lowest BCUT2D eigenvalue weighted by molar-refractivity contribution is -0.191. The lowest BCUT2D eigenvalue weighted by atomic mass is 10.1. The number of aryl methyl sites for hydroxylation is 3. The van der Waals surface area contributed by atoms with Crippen molar-refractivity contribution in [2.24, 2.45) is 0 Å². The Hall–Kier alpha value is -5.68. The summed E-state index contributed by atoms with van der Waals surface area (Å²) in [5.41, 5.74) is 5.19. The van der Waals surface area contributed by atoms with Crippen LogP contribution in [0, 0.1) is 13.8 Å². The van der Waals surface area contributed by atoms with E-state index in [1.54, 1.807) is 74.2 Å². The smallest absolute Gasteiger partial charge is 0.373 e. The molecule has 13 heteroatoms. The molecule has 0 radical (unpaired) electrons. The zero-order valence-electron chi connectivity index (χ0n) is 26.2. The predicted octanol–water partition coefficient (Wildman–Crippen LogP) is 4.09. The summed E-state index contributed by atoms with van der Waals surface area (Å²) in [5.74, 6) is 2.40. The number of carbonyl (C=O) groups is 1. The molecule has 3 aromatic heterocycles. The van der Waals surface area contributed by atoms with Crippen molar-refractivity contribution in [2.45, 2.75) is 33.7 Å². The van der Waals surface area contributed by atoms with E-state index in [0.717, 1.165) is 29.1 Å². The molecule has 0 aliphatic carbocycles. The molecule has 45 heavy (non-hydrogen) atoms. The Kier molecular flexibility index (Phi) is 11.8. The summed E-state index contributed by atoms with van der Waals surface area (Å²) in [6.45, 7) is 6.05. The largest absolute Gasteiger partial charge is 0.493 e. The third-order valence-corrected chi connectivity index (χ3v) is 6.63. The van der Waals surface area contributed by atoms with Crippen LogP contribution in [-0.2, 0) is 22.6 Å². The number of H-pyrrole nitrogens is 1. The van der Waals surface area contributed by atoms with Crippen molar-refractivity contribution in [3.63, 3.8) is 0 Å². The number of nitrogens with zero attached hydrogens (tertiary/aromatic N) is 4. The molecule has 0 fully saturated rings. The van der Waals surface area contributed by atoms with Gasteiger partial charge in [-0.25, -0.2) is 4.52 Å². The van der Waals surface area contributed by atoms with Crippen molar-refractivity contribution in [3.05, 3.63) is 87.7 Å². The first-order valence-electron chi connectivity index (χ1n) is 13.7. The number of benzene rings is 2. The Morgan fingerprint density at radius 2 is 1.40 bits per heavy atom. The van der Waals surface area contributed by atoms with Crippen LogP contribution < -0.4 is 24.5 Å². The SMILES string of the molecule is CCc1cc(C)nn1CC(=O)c1ccc(OC)c(OC)c1.COc1ccc(-c2cn3nc(C)cc3c(=O)[nH]2)cc1OC.O=C=O. The van der Waals surface area contributed by atoms with E-state index in [0.29, 0.717) is 39.8 Å². The monoisotopic (exact) mass is 617 g/mol. The van der Waals surface area contributed by atoms with Crippen molar-refractivity contribution < 1.29 is 33.3 Å². The summed E-state index contributed by atoms with van der Waals surface area (Å²) in [5, 5.41) is 8.64. The van der Waals surface area contributed by atoms with E-state index in [1.165, 1.54) is 0 Å². The van der Waals surface area contributed by atoms with Gasteiger partial charge in [-0.2, -0.15) is 19.8 Å². The molecule has 0 saturated heterocycles. The van der Waals surface area contributed by atoms with Crippen LogP contribution in [0.4, 0.5) is 0 Å². The summed E-state index contributed by atoms with van der Waals surface area (Å²) in [6, 6.07) is 14.4. The minimum absolute atomic E-state index is 0.00578. The Bertz CT molecular complexity index is 1870. The van der Waals surface area contributed by atoms with Gasteiger partial charge in [-0.1, -0.05) is 6.92 Å². The van der Waals surface area contributed by atoms with Crippen LogP contribution >= 0.6 is 0 Å². The van der Waals surface area contributed by atoms with Gasteiger partial charge in [0, 0.05) is 16.8 Å². The van der Waals surface area contributed by atoms with Crippen molar-refractivity contribution in [2.75, 3.05) is 28.4 Å². The summed E-state index contributed by atoms with van der Waals surface area (Å²) in [6.07, 6.45) is 2.88. The number of carbonyl (C=O) groups excluding carboxylic acids is 3. The second-order valence-electron chi connectivity index (χ2n) is 9.55. The topological polar surface area (TPSA) is 156 Å². The van der Waals surface area contributed by atoms with Crippen LogP contribution in [-0.4, -0.2) is 64.8 Å². The van der Waals surface area contributed by atoms with Gasteiger partial charge < -0.3 is 23.9 Å². The Morgan fingerprint density at radius 1 is 0.822 bits per heavy atom. The number of aromatic nitrogens is 5. The van der Waals surface area contributed by atoms with Gasteiger partial charge in [0.25, 0.3) is 5.56 Å². The molecule has 3 heterocycles. The number of hydrogen-bond acceptors (Lipinski definition) is 10. The Morgan fingerprint density at radius 3 is 2.00 bits per heavy atom. The van der Waals surface area contributed by atoms with Crippen molar-refractivity contribution in [1.82, 2.24) is 24.4 Å². The van der Waals surface area contributed by atoms with Crippen LogP contribution in [0.3, 0.4) is 0 Å². The summed E-state index contributed by atoms with van der Waals surface area (Å²) >= 11 is 0. The fourth-order valence-corrected chi connectivity index (χ4v) is 4.53. The number of fused-ring (bicyclic) bond motifs is 1. The predicted molar refractivity (Wildman–Crippen MR) is 164 cm³/mol. The van der Waals surface area contributed by atoms with Gasteiger partial charge in [0.2, 0.25) is 0 Å². The van der Waals surface area contributed by atoms with Crippen molar-refractivity contribution in [3.8, 4) is 34.3 Å². The second kappa shape index (κ2) is 15.7. The summed E-state index contributed by atoms with van der Waals surface area (Å²) < 4.78 is 24.2. The van der Waals surface area contributed by atoms with Crippen molar-refractivity contribution >= 4 is 17.5 Å². The third-order valence-electron chi connectivity index (χ3n) is 6.63. The zero-order valence-corrected chi connectivity index (χ0v) is 26.2. The number of nitrogens with one attached hydrogen (secondary N) is 1. The van der Waals surface area contributed by atoms with E-state index < -0.39 is 0 Å². The molecule has 0 saturated carbocycles. The number of aromatic amines is 1. The summed E-state index contributed by atoms with van der Waals surface area (Å²) in [7, 11) is 6.28. The number of rotatable bonds is 9. The number of hydrogen-bond donors (Lipinski definition) is 1. The highest BCUT2D eigenvalue weighted by molar-refractivity contribution is 5.96. The average Bonchev–Trinajstić information content (AvgIpc) is 3.61. The molecule has 13 nitrogen and oxygen atoms in total. The normalized spacial score (nSPS) is 10.1. The van der Waals surface area contributed by atoms with Gasteiger partial charge in [0.05, 0.1) is 51.7 Å². The molecule has 0 bridgehead atoms. The molecule has 5 rings (SSSR count). The van der Waals surface area contributed by atoms with Gasteiger partial charge in [-0.3, -0.25) is 14.3 Å². The Balaban J connectivity index is 0.000000226. The molecule has 0 aliphatic heterocycles. The molecule has 5 aromatic rings. The van der Waals surface area contributed by atoms with Gasteiger partial charge in [-0.05, 0) is 68.8 Å². The first-order valence-corrected chi connectivity index (χ1v) is 13.7. The zero-order chi connectivity index (χ0) is 33.1. The molecule has 236 valence electrons. The molecular formula is C32H35N5O8. The van der Waals surface area contributed by atoms with E-state index in [1.807, 2.05) is 39.0 Å². The average molecular weight is 618 g/mol. The van der Waals surface area contributed by atoms with Crippen LogP contribution in [0.1, 0.15) is 34.4 Å². The van der Waals surface area contributed by atoms with E-state index in [4.69, 9.17) is 28.5 Å². The van der Waals surface area contributed by atoms with E-state index in [2.05, 4.69) is 15.2 Å². The minimum Gasteiger partial charge on any atom is -0.493 e. The fraction of sp³-hybridized carbons (Fsp3) is 0.281. The first kappa shape index (κ1) is 33.8. The molecule has 1 N–H and O–H groups in total. The van der Waals surface area contributed by atoms with Gasteiger partial charge in [-0.15, -0.1) is 0 Å². The molecule has 0 atom stereocenters. The van der Waals surface area contributed by atoms with Crippen LogP contribution in [0.25, 0.3) is 16.8 Å². The highest BCUT2D eigenvalue weighted by atomic mass is 16.5. The Labute approximate surface area is 259 Å². The van der Waals surface area contributed by atoms with E-state index in [9.17, 15) is 9.59 Å². The van der Waals surface area contributed by atoms with Gasteiger partial charge >= 0.3 is 6.15 Å². The third kappa shape index (κ3) is 8.24. The highest BCUT2D eigenvalue weighted by Gasteiger charge is 2.14. The number of ketones is 1. The maximum absolute atomic E-state index is 12.4. The van der Waals surface area contributed by atoms with Gasteiger partial charge in [0.15, 0.2) is 28.8 Å². The molecular weight excluding hydrogens is 582 g/mol. The molecule has 0 spiro atoms. The lowest BCUT2D eigenvalue weighted by Gasteiger charge is -2.10.